The molecule has 3 rings (SSSR count). The van der Waals surface area contributed by atoms with E-state index in [9.17, 15) is 18.5 Å². The Morgan fingerprint density at radius 1 is 0.929 bits per heavy atom. The molecule has 3 aromatic carbocycles. The number of ether oxygens (including phenoxy) is 1. The van der Waals surface area contributed by atoms with E-state index in [0.717, 1.165) is 24.1 Å². The lowest BCUT2D eigenvalue weighted by Crippen LogP contribution is -2.13. The number of hydrogen-bond donors (Lipinski definition) is 1. The Morgan fingerprint density at radius 2 is 1.64 bits per heavy atom. The normalized spacial score (nSPS) is 11.0. The van der Waals surface area contributed by atoms with Gasteiger partial charge in [-0.25, -0.2) is 8.42 Å². The van der Waals surface area contributed by atoms with Crippen LogP contribution in [-0.2, 0) is 16.4 Å². The Labute approximate surface area is 162 Å². The second-order valence-electron chi connectivity index (χ2n) is 5.97. The van der Waals surface area contributed by atoms with E-state index in [0.29, 0.717) is 18.0 Å². The molecular formula is C20H18N2O5S. The van der Waals surface area contributed by atoms with E-state index in [4.69, 9.17) is 4.74 Å². The van der Waals surface area contributed by atoms with Gasteiger partial charge in [0.15, 0.2) is 0 Å². The highest BCUT2D eigenvalue weighted by molar-refractivity contribution is 7.92. The van der Waals surface area contributed by atoms with Crippen molar-refractivity contribution in [2.45, 2.75) is 11.3 Å². The van der Waals surface area contributed by atoms with Gasteiger partial charge in [-0.3, -0.25) is 14.8 Å². The molecule has 0 saturated carbocycles. The third kappa shape index (κ3) is 5.08. The minimum Gasteiger partial charge on any atom is -0.493 e. The van der Waals surface area contributed by atoms with E-state index in [1.54, 1.807) is 24.3 Å². The van der Waals surface area contributed by atoms with E-state index in [1.807, 2.05) is 30.3 Å². The van der Waals surface area contributed by atoms with Crippen molar-refractivity contribution in [2.75, 3.05) is 11.3 Å². The maximum absolute atomic E-state index is 12.5. The van der Waals surface area contributed by atoms with Gasteiger partial charge in [0.05, 0.1) is 22.1 Å². The van der Waals surface area contributed by atoms with Crippen molar-refractivity contribution in [1.82, 2.24) is 0 Å². The molecule has 0 spiro atoms. The molecule has 7 nitrogen and oxygen atoms in total. The van der Waals surface area contributed by atoms with E-state index in [1.165, 1.54) is 12.1 Å². The van der Waals surface area contributed by atoms with E-state index >= 15 is 0 Å². The molecule has 1 N–H and O–H groups in total. The van der Waals surface area contributed by atoms with Crippen LogP contribution in [0.15, 0.2) is 83.8 Å². The van der Waals surface area contributed by atoms with Gasteiger partial charge in [-0.2, -0.15) is 0 Å². The molecule has 0 unspecified atom stereocenters. The van der Waals surface area contributed by atoms with E-state index in [-0.39, 0.29) is 10.6 Å². The Hall–Kier alpha value is -3.39. The van der Waals surface area contributed by atoms with Crippen LogP contribution < -0.4 is 9.46 Å². The highest BCUT2D eigenvalue weighted by Crippen LogP contribution is 2.22. The molecule has 0 aliphatic heterocycles. The molecule has 0 aliphatic rings. The maximum Gasteiger partial charge on any atom is 0.269 e. The lowest BCUT2D eigenvalue weighted by atomic mass is 10.2. The molecule has 0 aliphatic carbocycles. The Kier molecular flexibility index (Phi) is 5.90. The van der Waals surface area contributed by atoms with Crippen LogP contribution in [0, 0.1) is 10.1 Å². The lowest BCUT2D eigenvalue weighted by Gasteiger charge is -2.11. The number of benzene rings is 3. The molecule has 0 atom stereocenters. The fraction of sp³-hybridized carbons (Fsp3) is 0.100. The molecule has 0 fully saturated rings. The summed E-state index contributed by atoms with van der Waals surface area (Å²) in [5.74, 6) is 0.542. The SMILES string of the molecule is O=[N+]([O-])c1ccc(S(=O)(=O)Nc2cccc(OCCc3ccccc3)c2)cc1. The number of sulfonamides is 1. The number of rotatable bonds is 8. The predicted octanol–water partition coefficient (Wildman–Crippen LogP) is 4.02. The van der Waals surface area contributed by atoms with Crippen molar-refractivity contribution < 1.29 is 18.1 Å². The molecule has 0 saturated heterocycles. The van der Waals surface area contributed by atoms with Gasteiger partial charge < -0.3 is 4.74 Å². The molecule has 144 valence electrons. The van der Waals surface area contributed by atoms with Gasteiger partial charge in [-0.1, -0.05) is 36.4 Å². The summed E-state index contributed by atoms with van der Waals surface area (Å²) in [7, 11) is -3.86. The van der Waals surface area contributed by atoms with Crippen LogP contribution in [-0.4, -0.2) is 19.9 Å². The van der Waals surface area contributed by atoms with Gasteiger partial charge >= 0.3 is 0 Å². The van der Waals surface area contributed by atoms with E-state index in [2.05, 4.69) is 4.72 Å². The fourth-order valence-electron chi connectivity index (χ4n) is 2.54. The monoisotopic (exact) mass is 398 g/mol. The third-order valence-corrected chi connectivity index (χ3v) is 5.34. The Balaban J connectivity index is 1.65. The number of nitrogens with one attached hydrogen (secondary N) is 1. The lowest BCUT2D eigenvalue weighted by molar-refractivity contribution is -0.384. The summed E-state index contributed by atoms with van der Waals surface area (Å²) < 4.78 is 33.1. The standard InChI is InChI=1S/C20H18N2O5S/c23-22(24)18-9-11-20(12-10-18)28(25,26)21-17-7-4-8-19(15-17)27-14-13-16-5-2-1-3-6-16/h1-12,15,21H,13-14H2. The zero-order valence-corrected chi connectivity index (χ0v) is 15.6. The first-order valence-electron chi connectivity index (χ1n) is 8.48. The molecular weight excluding hydrogens is 380 g/mol. The number of nitrogens with zero attached hydrogens (tertiary/aromatic N) is 1. The summed E-state index contributed by atoms with van der Waals surface area (Å²) in [5, 5.41) is 10.7. The van der Waals surface area contributed by atoms with Gasteiger partial charge in [-0.05, 0) is 29.8 Å². The topological polar surface area (TPSA) is 98.5 Å². The average molecular weight is 398 g/mol. The Bertz CT molecular complexity index is 1050. The quantitative estimate of drug-likeness (QED) is 0.456. The Morgan fingerprint density at radius 3 is 2.32 bits per heavy atom. The van der Waals surface area contributed by atoms with Crippen LogP contribution in [0.3, 0.4) is 0 Å². The van der Waals surface area contributed by atoms with Crippen LogP contribution in [0.25, 0.3) is 0 Å². The van der Waals surface area contributed by atoms with Gasteiger partial charge in [0.2, 0.25) is 0 Å². The zero-order valence-electron chi connectivity index (χ0n) is 14.8. The molecule has 3 aromatic rings. The molecule has 0 radical (unpaired) electrons. The summed E-state index contributed by atoms with van der Waals surface area (Å²) in [6.07, 6.45) is 0.736. The summed E-state index contributed by atoms with van der Waals surface area (Å²) in [4.78, 5) is 10.0. The maximum atomic E-state index is 12.5. The van der Waals surface area contributed by atoms with Gasteiger partial charge in [0.25, 0.3) is 15.7 Å². The largest absolute Gasteiger partial charge is 0.493 e. The van der Waals surface area contributed by atoms with Gasteiger partial charge in [0.1, 0.15) is 5.75 Å². The molecule has 0 amide bonds. The smallest absolute Gasteiger partial charge is 0.269 e. The van der Waals surface area contributed by atoms with E-state index < -0.39 is 14.9 Å². The number of nitro benzene ring substituents is 1. The summed E-state index contributed by atoms with van der Waals surface area (Å²) >= 11 is 0. The van der Waals surface area contributed by atoms with Crippen molar-refractivity contribution in [3.63, 3.8) is 0 Å². The van der Waals surface area contributed by atoms with Crippen molar-refractivity contribution in [3.05, 3.63) is 94.5 Å². The van der Waals surface area contributed by atoms with Gasteiger partial charge in [-0.15, -0.1) is 0 Å². The molecule has 0 aromatic heterocycles. The van der Waals surface area contributed by atoms with Crippen molar-refractivity contribution in [3.8, 4) is 5.75 Å². The van der Waals surface area contributed by atoms with Crippen LogP contribution in [0.1, 0.15) is 5.56 Å². The van der Waals surface area contributed by atoms with Crippen LogP contribution in [0.2, 0.25) is 0 Å². The number of nitro groups is 1. The summed E-state index contributed by atoms with van der Waals surface area (Å²) in [6.45, 7) is 0.461. The van der Waals surface area contributed by atoms with Gasteiger partial charge in [0, 0.05) is 24.6 Å². The van der Waals surface area contributed by atoms with Crippen molar-refractivity contribution >= 4 is 21.4 Å². The minimum atomic E-state index is -3.86. The highest BCUT2D eigenvalue weighted by Gasteiger charge is 2.16. The van der Waals surface area contributed by atoms with Crippen LogP contribution in [0.5, 0.6) is 5.75 Å². The fourth-order valence-corrected chi connectivity index (χ4v) is 3.59. The predicted molar refractivity (Wildman–Crippen MR) is 106 cm³/mol. The third-order valence-electron chi connectivity index (χ3n) is 3.95. The number of non-ortho nitro benzene ring substituents is 1. The average Bonchev–Trinajstić information content (AvgIpc) is 2.69. The second kappa shape index (κ2) is 8.53. The minimum absolute atomic E-state index is 0.0616. The van der Waals surface area contributed by atoms with Crippen molar-refractivity contribution in [1.29, 1.82) is 0 Å². The number of anilines is 1. The first-order valence-corrected chi connectivity index (χ1v) is 9.96. The van der Waals surface area contributed by atoms with Crippen molar-refractivity contribution in [2.24, 2.45) is 0 Å². The first kappa shape index (κ1) is 19.4. The van der Waals surface area contributed by atoms with Crippen LogP contribution >= 0.6 is 0 Å². The number of hydrogen-bond acceptors (Lipinski definition) is 5. The highest BCUT2D eigenvalue weighted by atomic mass is 32.2. The zero-order chi connectivity index (χ0) is 20.0. The second-order valence-corrected chi connectivity index (χ2v) is 7.65. The molecule has 8 heteroatoms. The molecule has 0 heterocycles. The summed E-state index contributed by atoms with van der Waals surface area (Å²) in [6, 6.07) is 21.2. The first-order chi connectivity index (χ1) is 13.4. The molecule has 28 heavy (non-hydrogen) atoms. The summed E-state index contributed by atoms with van der Waals surface area (Å²) in [5.41, 5.74) is 1.32. The molecule has 0 bridgehead atoms. The van der Waals surface area contributed by atoms with Crippen LogP contribution in [0.4, 0.5) is 11.4 Å².